The first-order valence-corrected chi connectivity index (χ1v) is 15.7. The van der Waals surface area contributed by atoms with E-state index in [2.05, 4.69) is 45.2 Å². The lowest BCUT2D eigenvalue weighted by Gasteiger charge is -2.44. The van der Waals surface area contributed by atoms with E-state index in [1.54, 1.807) is 16.9 Å². The average molecular weight is 530 g/mol. The summed E-state index contributed by atoms with van der Waals surface area (Å²) in [5, 5.41) is 33.9. The molecule has 3 saturated carbocycles. The molecule has 1 heterocycles. The van der Waals surface area contributed by atoms with E-state index in [0.29, 0.717) is 42.4 Å². The smallest absolute Gasteiger partial charge is 0.102 e. The van der Waals surface area contributed by atoms with Crippen molar-refractivity contribution < 1.29 is 15.3 Å². The highest BCUT2D eigenvalue weighted by atomic mass is 32.1. The Hall–Kier alpha value is -1.01. The van der Waals surface area contributed by atoms with Crippen LogP contribution < -0.4 is 0 Å². The molecule has 4 rings (SSSR count). The number of aliphatic hydroxyl groups is 3. The second-order valence-electron chi connectivity index (χ2n) is 13.2. The monoisotopic (exact) mass is 529 g/mol. The molecule has 0 bridgehead atoms. The van der Waals surface area contributed by atoms with E-state index >= 15 is 0 Å². The van der Waals surface area contributed by atoms with Gasteiger partial charge in [-0.25, -0.2) is 4.98 Å². The SMILES string of the molecule is Cc1csc([C@@](CO)(CCCC(C)[C@H]2CCC3/C(=C\C=C4C[C@@H](O)C[C@@H](O)C4)CCC[C@@]32C)C(C)C)n1. The molecule has 0 spiro atoms. The van der Waals surface area contributed by atoms with Crippen molar-refractivity contribution in [1.29, 1.82) is 0 Å². The summed E-state index contributed by atoms with van der Waals surface area (Å²) in [7, 11) is 0. The highest BCUT2D eigenvalue weighted by Crippen LogP contribution is 2.60. The van der Waals surface area contributed by atoms with Crippen molar-refractivity contribution in [2.75, 3.05) is 6.61 Å². The Balaban J connectivity index is 1.41. The molecule has 0 saturated heterocycles. The Bertz CT molecular complexity index is 955. The lowest BCUT2D eigenvalue weighted by atomic mass is 9.60. The van der Waals surface area contributed by atoms with Crippen LogP contribution in [0.25, 0.3) is 0 Å². The Labute approximate surface area is 229 Å². The van der Waals surface area contributed by atoms with Gasteiger partial charge in [-0.05, 0) is 93.8 Å². The fourth-order valence-corrected chi connectivity index (χ4v) is 9.41. The number of aliphatic hydroxyl groups excluding tert-OH is 3. The van der Waals surface area contributed by atoms with Crippen molar-refractivity contribution in [1.82, 2.24) is 4.98 Å². The largest absolute Gasteiger partial charge is 0.395 e. The normalized spacial score (nSPS) is 35.2. The molecule has 5 heteroatoms. The molecule has 3 fully saturated rings. The molecule has 0 aliphatic heterocycles. The minimum Gasteiger partial charge on any atom is -0.395 e. The second kappa shape index (κ2) is 12.0. The van der Waals surface area contributed by atoms with Crippen LogP contribution in [0.15, 0.2) is 28.7 Å². The summed E-state index contributed by atoms with van der Waals surface area (Å²) < 4.78 is 0. The predicted octanol–water partition coefficient (Wildman–Crippen LogP) is 7.12. The van der Waals surface area contributed by atoms with E-state index < -0.39 is 12.2 Å². The molecule has 1 aromatic rings. The van der Waals surface area contributed by atoms with Gasteiger partial charge in [-0.2, -0.15) is 0 Å². The van der Waals surface area contributed by atoms with Crippen LogP contribution in [0.4, 0.5) is 0 Å². The van der Waals surface area contributed by atoms with Crippen molar-refractivity contribution in [2.45, 2.75) is 123 Å². The van der Waals surface area contributed by atoms with Crippen LogP contribution in [-0.4, -0.2) is 39.1 Å². The summed E-state index contributed by atoms with van der Waals surface area (Å²) in [6, 6.07) is 0. The number of thiazole rings is 1. The maximum atomic E-state index is 10.5. The second-order valence-corrected chi connectivity index (χ2v) is 14.1. The quantitative estimate of drug-likeness (QED) is 0.318. The lowest BCUT2D eigenvalue weighted by molar-refractivity contribution is 0.0609. The topological polar surface area (TPSA) is 73.6 Å². The molecule has 7 atom stereocenters. The Kier molecular flexibility index (Phi) is 9.42. The minimum atomic E-state index is -0.401. The zero-order valence-electron chi connectivity index (χ0n) is 23.9. The highest BCUT2D eigenvalue weighted by Gasteiger charge is 2.50. The number of fused-ring (bicyclic) bond motifs is 1. The summed E-state index contributed by atoms with van der Waals surface area (Å²) in [6.07, 6.45) is 15.4. The Morgan fingerprint density at radius 2 is 1.89 bits per heavy atom. The lowest BCUT2D eigenvalue weighted by Crippen LogP contribution is -2.37. The van der Waals surface area contributed by atoms with E-state index in [4.69, 9.17) is 4.98 Å². The van der Waals surface area contributed by atoms with E-state index in [-0.39, 0.29) is 12.0 Å². The number of aryl methyl sites for hydroxylation is 1. The van der Waals surface area contributed by atoms with Gasteiger partial charge in [-0.15, -0.1) is 11.3 Å². The van der Waals surface area contributed by atoms with Gasteiger partial charge in [0.05, 0.1) is 18.8 Å². The van der Waals surface area contributed by atoms with Crippen LogP contribution in [0.3, 0.4) is 0 Å². The van der Waals surface area contributed by atoms with Crippen LogP contribution in [-0.2, 0) is 5.41 Å². The standard InChI is InChI=1S/C32H51NO3S/c1-21(2)32(20-34,30-33-23(4)19-37-30)15-6-8-22(3)28-12-13-29-25(9-7-14-31(28,29)5)11-10-24-16-26(35)18-27(36)17-24/h10-11,19,21-22,26-29,34-36H,6-9,12-18,20H2,1-5H3/b24-10?,25-11-/t22?,26-,27+,28-,29?,31-,32-/m1/s1. The Morgan fingerprint density at radius 3 is 2.51 bits per heavy atom. The fourth-order valence-electron chi connectivity index (χ4n) is 8.24. The molecule has 0 amide bonds. The van der Waals surface area contributed by atoms with E-state index in [1.165, 1.54) is 44.1 Å². The van der Waals surface area contributed by atoms with Gasteiger partial charge in [-0.3, -0.25) is 0 Å². The molecule has 3 aliphatic carbocycles. The van der Waals surface area contributed by atoms with E-state index in [0.717, 1.165) is 29.5 Å². The maximum absolute atomic E-state index is 10.5. The number of hydrogen-bond donors (Lipinski definition) is 3. The van der Waals surface area contributed by atoms with E-state index in [9.17, 15) is 15.3 Å². The third kappa shape index (κ3) is 6.10. The van der Waals surface area contributed by atoms with Crippen LogP contribution in [0, 0.1) is 36.0 Å². The molecule has 208 valence electrons. The van der Waals surface area contributed by atoms with Crippen LogP contribution in [0.5, 0.6) is 0 Å². The van der Waals surface area contributed by atoms with Crippen molar-refractivity contribution in [3.05, 3.63) is 39.4 Å². The molecule has 0 radical (unpaired) electrons. The van der Waals surface area contributed by atoms with Gasteiger partial charge in [0.15, 0.2) is 0 Å². The van der Waals surface area contributed by atoms with Gasteiger partial charge in [0.2, 0.25) is 0 Å². The molecule has 0 aromatic carbocycles. The molecule has 1 aromatic heterocycles. The third-order valence-electron chi connectivity index (χ3n) is 10.5. The number of nitrogens with zero attached hydrogens (tertiary/aromatic N) is 1. The molecule has 37 heavy (non-hydrogen) atoms. The van der Waals surface area contributed by atoms with Crippen molar-refractivity contribution in [3.8, 4) is 0 Å². The van der Waals surface area contributed by atoms with Crippen LogP contribution in [0.2, 0.25) is 0 Å². The predicted molar refractivity (Wildman–Crippen MR) is 154 cm³/mol. The molecular weight excluding hydrogens is 478 g/mol. The Morgan fingerprint density at radius 1 is 1.16 bits per heavy atom. The number of aromatic nitrogens is 1. The van der Waals surface area contributed by atoms with E-state index in [1.807, 2.05) is 6.92 Å². The summed E-state index contributed by atoms with van der Waals surface area (Å²) in [4.78, 5) is 4.80. The summed E-state index contributed by atoms with van der Waals surface area (Å²) in [6.45, 7) is 11.7. The maximum Gasteiger partial charge on any atom is 0.102 e. The first kappa shape index (κ1) is 29.0. The van der Waals surface area contributed by atoms with Gasteiger partial charge in [0.25, 0.3) is 0 Å². The summed E-state index contributed by atoms with van der Waals surface area (Å²) in [5.41, 5.74) is 4.00. The molecule has 4 nitrogen and oxygen atoms in total. The molecular formula is C32H51NO3S. The van der Waals surface area contributed by atoms with Gasteiger partial charge < -0.3 is 15.3 Å². The number of allylic oxidation sites excluding steroid dienone is 3. The van der Waals surface area contributed by atoms with Crippen molar-refractivity contribution in [2.24, 2.45) is 29.1 Å². The first-order chi connectivity index (χ1) is 17.6. The average Bonchev–Trinajstić information content (AvgIpc) is 3.43. The number of rotatable bonds is 9. The molecule has 2 unspecified atom stereocenters. The van der Waals surface area contributed by atoms with Gasteiger partial charge in [0, 0.05) is 16.5 Å². The van der Waals surface area contributed by atoms with Crippen molar-refractivity contribution in [3.63, 3.8) is 0 Å². The summed E-state index contributed by atoms with van der Waals surface area (Å²) >= 11 is 1.71. The van der Waals surface area contributed by atoms with Gasteiger partial charge in [-0.1, -0.05) is 63.8 Å². The fraction of sp³-hybridized carbons (Fsp3) is 0.781. The molecule has 3 aliphatic rings. The first-order valence-electron chi connectivity index (χ1n) is 14.9. The minimum absolute atomic E-state index is 0.174. The van der Waals surface area contributed by atoms with Crippen LogP contribution >= 0.6 is 11.3 Å². The van der Waals surface area contributed by atoms with Gasteiger partial charge in [0.1, 0.15) is 5.01 Å². The van der Waals surface area contributed by atoms with Gasteiger partial charge >= 0.3 is 0 Å². The summed E-state index contributed by atoms with van der Waals surface area (Å²) in [5.74, 6) is 2.45. The zero-order valence-corrected chi connectivity index (χ0v) is 24.7. The molecule has 3 N–H and O–H groups in total. The zero-order chi connectivity index (χ0) is 26.8. The van der Waals surface area contributed by atoms with Crippen molar-refractivity contribution >= 4 is 11.3 Å². The third-order valence-corrected chi connectivity index (χ3v) is 11.7. The number of hydrogen-bond acceptors (Lipinski definition) is 5. The highest BCUT2D eigenvalue weighted by molar-refractivity contribution is 7.09. The van der Waals surface area contributed by atoms with Crippen LogP contribution in [0.1, 0.15) is 109 Å².